The Labute approximate surface area is 90.1 Å². The van der Waals surface area contributed by atoms with E-state index >= 15 is 0 Å². The van der Waals surface area contributed by atoms with E-state index in [0.717, 1.165) is 0 Å². The lowest BCUT2D eigenvalue weighted by Crippen LogP contribution is -2.48. The third kappa shape index (κ3) is 6.72. The van der Waals surface area contributed by atoms with E-state index in [1.165, 1.54) is 0 Å². The van der Waals surface area contributed by atoms with Gasteiger partial charge in [0.05, 0.1) is 0 Å². The van der Waals surface area contributed by atoms with Crippen molar-refractivity contribution in [2.45, 2.75) is 52.4 Å². The van der Waals surface area contributed by atoms with Crippen molar-refractivity contribution < 1.29 is 13.3 Å². The molecule has 0 bridgehead atoms. The number of hydrogen-bond acceptors (Lipinski definition) is 3. The average molecular weight is 236 g/mol. The number of hydrogen-bond donors (Lipinski definition) is 0. The largest absolute Gasteiger partial charge is 0.398 e. The maximum atomic E-state index is 5.93. The molecule has 0 rings (SSSR count). The molecule has 0 aliphatic carbocycles. The lowest BCUT2D eigenvalue weighted by atomic mass is 10.4. The molecule has 0 aromatic rings. The molecular formula is C9H24O3Si2. The van der Waals surface area contributed by atoms with Crippen LogP contribution in [0.4, 0.5) is 0 Å². The summed E-state index contributed by atoms with van der Waals surface area (Å²) >= 11 is 0. The van der Waals surface area contributed by atoms with Crippen LogP contribution < -0.4 is 0 Å². The van der Waals surface area contributed by atoms with Crippen LogP contribution in [0, 0.1) is 0 Å². The van der Waals surface area contributed by atoms with Crippen molar-refractivity contribution in [3.8, 4) is 0 Å². The molecule has 5 heteroatoms. The molecule has 0 unspecified atom stereocenters. The minimum absolute atomic E-state index is 0.532. The fourth-order valence-electron chi connectivity index (χ4n) is 1.39. The molecule has 0 aromatic heterocycles. The molecule has 3 nitrogen and oxygen atoms in total. The Balaban J connectivity index is 4.35. The van der Waals surface area contributed by atoms with Crippen molar-refractivity contribution in [2.24, 2.45) is 0 Å². The van der Waals surface area contributed by atoms with E-state index in [-0.39, 0.29) is 0 Å². The summed E-state index contributed by atoms with van der Waals surface area (Å²) < 4.78 is 17.2. The van der Waals surface area contributed by atoms with E-state index in [1.807, 2.05) is 26.9 Å². The van der Waals surface area contributed by atoms with Gasteiger partial charge in [-0.3, -0.25) is 0 Å². The summed E-state index contributed by atoms with van der Waals surface area (Å²) in [6.07, 6.45) is 0. The minimum Gasteiger partial charge on any atom is -0.398 e. The van der Waals surface area contributed by atoms with Crippen molar-refractivity contribution in [1.29, 1.82) is 0 Å². The Kier molecular flexibility index (Phi) is 4.54. The van der Waals surface area contributed by atoms with Crippen LogP contribution in [0.15, 0.2) is 0 Å². The van der Waals surface area contributed by atoms with Gasteiger partial charge in [-0.2, -0.15) is 0 Å². The molecule has 14 heavy (non-hydrogen) atoms. The SMILES string of the molecule is CO[Si](C)(C)OC(C)(C)O[Si](C)(C)C. The van der Waals surface area contributed by atoms with E-state index in [4.69, 9.17) is 13.3 Å². The average Bonchev–Trinajstić information content (AvgIpc) is 1.78. The lowest BCUT2D eigenvalue weighted by molar-refractivity contribution is -0.108. The Morgan fingerprint density at radius 3 is 1.57 bits per heavy atom. The summed E-state index contributed by atoms with van der Waals surface area (Å²) in [5.41, 5.74) is 0. The molecule has 0 amide bonds. The van der Waals surface area contributed by atoms with Gasteiger partial charge < -0.3 is 13.3 Å². The molecule has 0 aliphatic heterocycles. The molecule has 0 heterocycles. The maximum absolute atomic E-state index is 5.93. The monoisotopic (exact) mass is 236 g/mol. The fourth-order valence-corrected chi connectivity index (χ4v) is 4.30. The highest BCUT2D eigenvalue weighted by Gasteiger charge is 2.35. The molecule has 0 saturated heterocycles. The van der Waals surface area contributed by atoms with Gasteiger partial charge in [0.15, 0.2) is 8.32 Å². The van der Waals surface area contributed by atoms with Crippen LogP contribution in [0.5, 0.6) is 0 Å². The van der Waals surface area contributed by atoms with Gasteiger partial charge >= 0.3 is 8.56 Å². The first-order chi connectivity index (χ1) is 5.97. The molecule has 0 atom stereocenters. The second-order valence-corrected chi connectivity index (χ2v) is 13.2. The van der Waals surface area contributed by atoms with Gasteiger partial charge in [0.2, 0.25) is 0 Å². The molecule has 0 N–H and O–H groups in total. The van der Waals surface area contributed by atoms with Crippen molar-refractivity contribution in [3.63, 3.8) is 0 Å². The van der Waals surface area contributed by atoms with Gasteiger partial charge in [-0.25, -0.2) is 0 Å². The summed E-state index contributed by atoms with van der Waals surface area (Å²) in [5, 5.41) is 0. The third-order valence-electron chi connectivity index (χ3n) is 1.54. The zero-order chi connectivity index (χ0) is 11.6. The van der Waals surface area contributed by atoms with Crippen molar-refractivity contribution >= 4 is 16.9 Å². The Morgan fingerprint density at radius 2 is 1.29 bits per heavy atom. The zero-order valence-corrected chi connectivity index (χ0v) is 12.7. The van der Waals surface area contributed by atoms with E-state index in [9.17, 15) is 0 Å². The van der Waals surface area contributed by atoms with Gasteiger partial charge in [0.25, 0.3) is 0 Å². The predicted molar refractivity (Wildman–Crippen MR) is 64.1 cm³/mol. The van der Waals surface area contributed by atoms with Crippen LogP contribution in [0.2, 0.25) is 32.7 Å². The summed E-state index contributed by atoms with van der Waals surface area (Å²) in [6.45, 7) is 14.4. The van der Waals surface area contributed by atoms with E-state index in [2.05, 4.69) is 19.6 Å². The van der Waals surface area contributed by atoms with Crippen molar-refractivity contribution in [1.82, 2.24) is 0 Å². The molecule has 0 aliphatic rings. The molecule has 0 saturated carbocycles. The molecule has 86 valence electrons. The first kappa shape index (κ1) is 14.3. The van der Waals surface area contributed by atoms with Crippen molar-refractivity contribution in [3.05, 3.63) is 0 Å². The Bertz CT molecular complexity index is 185. The Morgan fingerprint density at radius 1 is 0.857 bits per heavy atom. The highest BCUT2D eigenvalue weighted by atomic mass is 28.4. The van der Waals surface area contributed by atoms with E-state index < -0.39 is 22.7 Å². The smallest absolute Gasteiger partial charge is 0.333 e. The van der Waals surface area contributed by atoms with Crippen LogP contribution in [-0.2, 0) is 13.3 Å². The molecule has 0 aromatic carbocycles. The Hall–Kier alpha value is 0.314. The van der Waals surface area contributed by atoms with Gasteiger partial charge in [-0.15, -0.1) is 0 Å². The van der Waals surface area contributed by atoms with Crippen LogP contribution in [-0.4, -0.2) is 29.8 Å². The van der Waals surface area contributed by atoms with Crippen molar-refractivity contribution in [2.75, 3.05) is 7.11 Å². The van der Waals surface area contributed by atoms with Gasteiger partial charge in [-0.1, -0.05) is 0 Å². The summed E-state index contributed by atoms with van der Waals surface area (Å²) in [4.78, 5) is 0. The normalized spacial score (nSPS) is 14.6. The predicted octanol–water partition coefficient (Wildman–Crippen LogP) is 2.94. The van der Waals surface area contributed by atoms with Gasteiger partial charge in [0, 0.05) is 7.11 Å². The first-order valence-corrected chi connectivity index (χ1v) is 11.2. The van der Waals surface area contributed by atoms with Crippen LogP contribution >= 0.6 is 0 Å². The number of rotatable bonds is 5. The van der Waals surface area contributed by atoms with Gasteiger partial charge in [-0.05, 0) is 46.6 Å². The topological polar surface area (TPSA) is 27.7 Å². The molecule has 0 radical (unpaired) electrons. The van der Waals surface area contributed by atoms with E-state index in [0.29, 0.717) is 0 Å². The van der Waals surface area contributed by atoms with Gasteiger partial charge in [0.1, 0.15) is 5.79 Å². The van der Waals surface area contributed by atoms with Crippen LogP contribution in [0.1, 0.15) is 13.8 Å². The maximum Gasteiger partial charge on any atom is 0.333 e. The quantitative estimate of drug-likeness (QED) is 0.542. The van der Waals surface area contributed by atoms with Crippen LogP contribution in [0.3, 0.4) is 0 Å². The second kappa shape index (κ2) is 4.44. The zero-order valence-electron chi connectivity index (χ0n) is 10.7. The van der Waals surface area contributed by atoms with E-state index in [1.54, 1.807) is 7.11 Å². The molecule has 0 fully saturated rings. The third-order valence-corrected chi connectivity index (χ3v) is 4.61. The summed E-state index contributed by atoms with van der Waals surface area (Å²) in [6, 6.07) is 0. The summed E-state index contributed by atoms with van der Waals surface area (Å²) in [7, 11) is -1.89. The lowest BCUT2D eigenvalue weighted by Gasteiger charge is -2.37. The summed E-state index contributed by atoms with van der Waals surface area (Å²) in [5.74, 6) is -0.532. The standard InChI is InChI=1S/C9H24O3Si2/c1-9(2,11-13(4,5)6)12-14(7,8)10-3/h1-8H3. The first-order valence-electron chi connectivity index (χ1n) is 4.93. The fraction of sp³-hybridized carbons (Fsp3) is 1.00. The minimum atomic E-state index is -2.02. The highest BCUT2D eigenvalue weighted by molar-refractivity contribution is 6.70. The molecular weight excluding hydrogens is 212 g/mol. The second-order valence-electron chi connectivity index (χ2n) is 5.32. The molecule has 0 spiro atoms. The highest BCUT2D eigenvalue weighted by Crippen LogP contribution is 2.23. The van der Waals surface area contributed by atoms with Crippen LogP contribution in [0.25, 0.3) is 0 Å².